The summed E-state index contributed by atoms with van der Waals surface area (Å²) in [6.45, 7) is 0. The van der Waals surface area contributed by atoms with Gasteiger partial charge in [-0.25, -0.2) is 4.39 Å². The minimum atomic E-state index is -0.365. The molecule has 0 saturated heterocycles. The van der Waals surface area contributed by atoms with Gasteiger partial charge in [-0.3, -0.25) is 4.79 Å². The number of hydrogen-bond acceptors (Lipinski definition) is 2. The normalized spacial score (nSPS) is 19.3. The maximum Gasteiger partial charge on any atom is 0.133 e. The third kappa shape index (κ3) is 2.72. The summed E-state index contributed by atoms with van der Waals surface area (Å²) >= 11 is 0. The molecule has 92 valence electrons. The van der Waals surface area contributed by atoms with E-state index in [0.717, 1.165) is 0 Å². The SMILES string of the molecule is COC1(Cc2ccccc2F)CCC(=O)CC1. The standard InChI is InChI=1S/C14H17FO2/c1-17-14(8-6-12(16)7-9-14)10-11-4-2-3-5-13(11)15/h2-5H,6-10H2,1H3. The summed E-state index contributed by atoms with van der Waals surface area (Å²) in [6.07, 6.45) is 3.02. The number of halogens is 1. The Bertz CT molecular complexity index is 404. The summed E-state index contributed by atoms with van der Waals surface area (Å²) in [5.41, 5.74) is 0.305. The molecule has 0 heterocycles. The van der Waals surface area contributed by atoms with Crippen LogP contribution in [-0.4, -0.2) is 18.5 Å². The molecule has 0 amide bonds. The van der Waals surface area contributed by atoms with Crippen LogP contribution in [0.2, 0.25) is 0 Å². The van der Waals surface area contributed by atoms with Gasteiger partial charge in [0.25, 0.3) is 0 Å². The lowest BCUT2D eigenvalue weighted by atomic mass is 9.79. The van der Waals surface area contributed by atoms with Crippen molar-refractivity contribution in [2.45, 2.75) is 37.7 Å². The highest BCUT2D eigenvalue weighted by Gasteiger charge is 2.35. The molecule has 1 aromatic rings. The van der Waals surface area contributed by atoms with Gasteiger partial charge in [-0.2, -0.15) is 0 Å². The summed E-state index contributed by atoms with van der Waals surface area (Å²) < 4.78 is 19.2. The number of carbonyl (C=O) groups is 1. The van der Waals surface area contributed by atoms with E-state index in [1.807, 2.05) is 6.07 Å². The van der Waals surface area contributed by atoms with Crippen molar-refractivity contribution >= 4 is 5.78 Å². The molecule has 0 atom stereocenters. The van der Waals surface area contributed by atoms with Gasteiger partial charge in [0.1, 0.15) is 11.6 Å². The van der Waals surface area contributed by atoms with Gasteiger partial charge in [-0.1, -0.05) is 18.2 Å². The number of ether oxygens (including phenoxy) is 1. The molecule has 0 aliphatic heterocycles. The van der Waals surface area contributed by atoms with Crippen molar-refractivity contribution in [3.05, 3.63) is 35.6 Å². The van der Waals surface area contributed by atoms with Gasteiger partial charge in [0.2, 0.25) is 0 Å². The fraction of sp³-hybridized carbons (Fsp3) is 0.500. The van der Waals surface area contributed by atoms with Crippen LogP contribution in [0.3, 0.4) is 0 Å². The van der Waals surface area contributed by atoms with Crippen LogP contribution >= 0.6 is 0 Å². The van der Waals surface area contributed by atoms with Gasteiger partial charge in [-0.05, 0) is 24.5 Å². The average molecular weight is 236 g/mol. The van der Waals surface area contributed by atoms with Crippen molar-refractivity contribution in [1.82, 2.24) is 0 Å². The van der Waals surface area contributed by atoms with Crippen LogP contribution < -0.4 is 0 Å². The van der Waals surface area contributed by atoms with Gasteiger partial charge in [-0.15, -0.1) is 0 Å². The molecule has 3 heteroatoms. The maximum atomic E-state index is 13.6. The zero-order chi connectivity index (χ0) is 12.3. The molecule has 1 aromatic carbocycles. The molecule has 1 aliphatic rings. The van der Waals surface area contributed by atoms with Crippen molar-refractivity contribution in [2.24, 2.45) is 0 Å². The molecule has 0 unspecified atom stereocenters. The molecule has 2 rings (SSSR count). The van der Waals surface area contributed by atoms with E-state index in [2.05, 4.69) is 0 Å². The number of hydrogen-bond donors (Lipinski definition) is 0. The molecule has 0 spiro atoms. The number of methoxy groups -OCH3 is 1. The Kier molecular flexibility index (Phi) is 3.57. The number of ketones is 1. The van der Waals surface area contributed by atoms with Crippen LogP contribution in [0.25, 0.3) is 0 Å². The van der Waals surface area contributed by atoms with Crippen molar-refractivity contribution < 1.29 is 13.9 Å². The molecule has 17 heavy (non-hydrogen) atoms. The second-order valence-corrected chi connectivity index (χ2v) is 4.69. The smallest absolute Gasteiger partial charge is 0.133 e. The fourth-order valence-corrected chi connectivity index (χ4v) is 2.43. The average Bonchev–Trinajstić information content (AvgIpc) is 2.35. The molecule has 0 bridgehead atoms. The number of rotatable bonds is 3. The Morgan fingerprint density at radius 1 is 1.29 bits per heavy atom. The molecular weight excluding hydrogens is 219 g/mol. The van der Waals surface area contributed by atoms with Crippen LogP contribution in [-0.2, 0) is 16.0 Å². The highest BCUT2D eigenvalue weighted by Crippen LogP contribution is 2.33. The molecule has 1 saturated carbocycles. The van der Waals surface area contributed by atoms with Crippen LogP contribution in [0, 0.1) is 5.82 Å². The van der Waals surface area contributed by atoms with Crippen molar-refractivity contribution in [1.29, 1.82) is 0 Å². The van der Waals surface area contributed by atoms with E-state index in [1.165, 1.54) is 6.07 Å². The summed E-state index contributed by atoms with van der Waals surface area (Å²) in [5, 5.41) is 0. The van der Waals surface area contributed by atoms with E-state index in [9.17, 15) is 9.18 Å². The highest BCUT2D eigenvalue weighted by atomic mass is 19.1. The first-order valence-electron chi connectivity index (χ1n) is 5.95. The first-order chi connectivity index (χ1) is 8.15. The van der Waals surface area contributed by atoms with E-state index < -0.39 is 0 Å². The minimum Gasteiger partial charge on any atom is -0.378 e. The van der Waals surface area contributed by atoms with E-state index >= 15 is 0 Å². The van der Waals surface area contributed by atoms with E-state index in [-0.39, 0.29) is 17.2 Å². The Labute approximate surface area is 101 Å². The second kappa shape index (κ2) is 4.96. The predicted molar refractivity (Wildman–Crippen MR) is 63.3 cm³/mol. The third-order valence-corrected chi connectivity index (χ3v) is 3.62. The zero-order valence-corrected chi connectivity index (χ0v) is 10.0. The molecule has 0 N–H and O–H groups in total. The van der Waals surface area contributed by atoms with Gasteiger partial charge in [0, 0.05) is 26.4 Å². The van der Waals surface area contributed by atoms with Crippen LogP contribution in [0.5, 0.6) is 0 Å². The quantitative estimate of drug-likeness (QED) is 0.806. The minimum absolute atomic E-state index is 0.194. The van der Waals surface area contributed by atoms with Crippen LogP contribution in [0.1, 0.15) is 31.2 Å². The summed E-state index contributed by atoms with van der Waals surface area (Å²) in [4.78, 5) is 11.3. The third-order valence-electron chi connectivity index (χ3n) is 3.62. The van der Waals surface area contributed by atoms with Crippen LogP contribution in [0.4, 0.5) is 4.39 Å². The zero-order valence-electron chi connectivity index (χ0n) is 10.0. The van der Waals surface area contributed by atoms with Crippen molar-refractivity contribution in [3.8, 4) is 0 Å². The Morgan fingerprint density at radius 3 is 2.53 bits per heavy atom. The Morgan fingerprint density at radius 2 is 1.94 bits per heavy atom. The van der Waals surface area contributed by atoms with E-state index in [0.29, 0.717) is 37.7 Å². The van der Waals surface area contributed by atoms with Crippen LogP contribution in [0.15, 0.2) is 24.3 Å². The molecule has 1 fully saturated rings. The highest BCUT2D eigenvalue weighted by molar-refractivity contribution is 5.79. The predicted octanol–water partition coefficient (Wildman–Crippen LogP) is 2.90. The topological polar surface area (TPSA) is 26.3 Å². The summed E-state index contributed by atoms with van der Waals surface area (Å²) in [5.74, 6) is 0.0898. The lowest BCUT2D eigenvalue weighted by Crippen LogP contribution is -2.38. The van der Waals surface area contributed by atoms with Crippen molar-refractivity contribution in [2.75, 3.05) is 7.11 Å². The van der Waals surface area contributed by atoms with Gasteiger partial charge < -0.3 is 4.74 Å². The maximum absolute atomic E-state index is 13.6. The van der Waals surface area contributed by atoms with Gasteiger partial charge in [0.15, 0.2) is 0 Å². The molecular formula is C14H17FO2. The van der Waals surface area contributed by atoms with Crippen molar-refractivity contribution in [3.63, 3.8) is 0 Å². The molecule has 2 nitrogen and oxygen atoms in total. The van der Waals surface area contributed by atoms with Gasteiger partial charge in [0.05, 0.1) is 5.60 Å². The first-order valence-corrected chi connectivity index (χ1v) is 5.95. The number of carbonyl (C=O) groups excluding carboxylic acids is 1. The summed E-state index contributed by atoms with van der Waals surface area (Å²) in [7, 11) is 1.65. The lowest BCUT2D eigenvalue weighted by Gasteiger charge is -2.35. The molecule has 0 radical (unpaired) electrons. The fourth-order valence-electron chi connectivity index (χ4n) is 2.43. The second-order valence-electron chi connectivity index (χ2n) is 4.69. The number of Topliss-reactive ketones (excluding diaryl/α,β-unsaturated/α-hetero) is 1. The Hall–Kier alpha value is -1.22. The number of benzene rings is 1. The lowest BCUT2D eigenvalue weighted by molar-refractivity contribution is -0.127. The molecule has 0 aromatic heterocycles. The van der Waals surface area contributed by atoms with E-state index in [4.69, 9.17) is 4.74 Å². The largest absolute Gasteiger partial charge is 0.378 e. The summed E-state index contributed by atoms with van der Waals surface area (Å²) in [6, 6.07) is 6.76. The molecule has 1 aliphatic carbocycles. The van der Waals surface area contributed by atoms with Gasteiger partial charge >= 0.3 is 0 Å². The monoisotopic (exact) mass is 236 g/mol. The van der Waals surface area contributed by atoms with E-state index in [1.54, 1.807) is 19.2 Å². The Balaban J connectivity index is 2.15. The first kappa shape index (κ1) is 12.2.